The summed E-state index contributed by atoms with van der Waals surface area (Å²) >= 11 is 0. The number of rotatable bonds is 3. The third-order valence-electron chi connectivity index (χ3n) is 1.47. The number of esters is 1. The number of aliphatic hydroxyl groups is 2. The molecule has 0 amide bonds. The summed E-state index contributed by atoms with van der Waals surface area (Å²) < 4.78 is 4.69. The Kier molecular flexibility index (Phi) is 7.32. The maximum absolute atomic E-state index is 10.6. The number of hydrogen-bond donors (Lipinski definition) is 3. The van der Waals surface area contributed by atoms with Crippen molar-refractivity contribution in [2.24, 2.45) is 0 Å². The monoisotopic (exact) mass is 242 g/mol. The van der Waals surface area contributed by atoms with Crippen LogP contribution in [0, 0.1) is 0 Å². The Morgan fingerprint density at radius 2 is 1.71 bits per heavy atom. The van der Waals surface area contributed by atoms with Crippen molar-refractivity contribution in [2.75, 3.05) is 13.2 Å². The molecule has 0 aliphatic heterocycles. The number of aromatic carboxylic acids is 1. The molecule has 17 heavy (non-hydrogen) atoms. The second-order valence-corrected chi connectivity index (χ2v) is 2.84. The number of carbonyl (C=O) groups excluding carboxylic acids is 1. The predicted octanol–water partition coefficient (Wildman–Crippen LogP) is 0.281. The van der Waals surface area contributed by atoms with Crippen molar-refractivity contribution in [3.63, 3.8) is 0 Å². The van der Waals surface area contributed by atoms with Crippen LogP contribution in [0.1, 0.15) is 17.3 Å². The number of ether oxygens (including phenoxy) is 1. The van der Waals surface area contributed by atoms with E-state index in [0.29, 0.717) is 0 Å². The van der Waals surface area contributed by atoms with E-state index in [1.807, 2.05) is 0 Å². The summed E-state index contributed by atoms with van der Waals surface area (Å²) in [4.78, 5) is 21.2. The Labute approximate surface area is 98.1 Å². The highest BCUT2D eigenvalue weighted by Crippen LogP contribution is 2.17. The number of para-hydroxylation sites is 1. The van der Waals surface area contributed by atoms with Crippen molar-refractivity contribution in [3.05, 3.63) is 29.8 Å². The number of carbonyl (C=O) groups is 2. The van der Waals surface area contributed by atoms with Gasteiger partial charge in [-0.05, 0) is 12.1 Å². The van der Waals surface area contributed by atoms with Crippen molar-refractivity contribution < 1.29 is 29.6 Å². The summed E-state index contributed by atoms with van der Waals surface area (Å²) in [5, 5.41) is 23.9. The van der Waals surface area contributed by atoms with Gasteiger partial charge in [0.15, 0.2) is 0 Å². The lowest BCUT2D eigenvalue weighted by Crippen LogP contribution is -2.06. The number of carboxylic acid groups (broad SMARTS) is 1. The fourth-order valence-electron chi connectivity index (χ4n) is 0.887. The van der Waals surface area contributed by atoms with Gasteiger partial charge in [-0.15, -0.1) is 0 Å². The summed E-state index contributed by atoms with van der Waals surface area (Å²) in [6.45, 7) is 0.971. The smallest absolute Gasteiger partial charge is 0.339 e. The molecule has 0 aromatic heterocycles. The zero-order chi connectivity index (χ0) is 13.3. The van der Waals surface area contributed by atoms with Gasteiger partial charge in [0.05, 0.1) is 13.2 Å². The van der Waals surface area contributed by atoms with Gasteiger partial charge in [-0.1, -0.05) is 12.1 Å². The Bertz CT molecular complexity index is 372. The molecule has 0 unspecified atom stereocenters. The first-order chi connectivity index (χ1) is 8.02. The summed E-state index contributed by atoms with van der Waals surface area (Å²) in [5.41, 5.74) is -0.0160. The SMILES string of the molecule is CC(=O)Oc1ccccc1C(=O)O.OCCO. The number of hydrogen-bond acceptors (Lipinski definition) is 5. The largest absolute Gasteiger partial charge is 0.478 e. The van der Waals surface area contributed by atoms with E-state index in [0.717, 1.165) is 0 Å². The lowest BCUT2D eigenvalue weighted by atomic mass is 10.2. The molecule has 0 spiro atoms. The van der Waals surface area contributed by atoms with Crippen LogP contribution in [0.15, 0.2) is 24.3 Å². The van der Waals surface area contributed by atoms with Gasteiger partial charge in [0.2, 0.25) is 0 Å². The van der Waals surface area contributed by atoms with Crippen LogP contribution in [-0.2, 0) is 4.79 Å². The van der Waals surface area contributed by atoms with Crippen molar-refractivity contribution >= 4 is 11.9 Å². The third kappa shape index (κ3) is 6.29. The van der Waals surface area contributed by atoms with Gasteiger partial charge < -0.3 is 20.1 Å². The predicted molar refractivity (Wildman–Crippen MR) is 58.9 cm³/mol. The highest BCUT2D eigenvalue weighted by molar-refractivity contribution is 5.91. The average molecular weight is 242 g/mol. The Balaban J connectivity index is 0.000000557. The highest BCUT2D eigenvalue weighted by Gasteiger charge is 2.10. The average Bonchev–Trinajstić information content (AvgIpc) is 2.29. The molecule has 0 saturated heterocycles. The fourth-order valence-corrected chi connectivity index (χ4v) is 0.887. The Morgan fingerprint density at radius 1 is 1.18 bits per heavy atom. The Hall–Kier alpha value is -1.92. The quantitative estimate of drug-likeness (QED) is 0.519. The van der Waals surface area contributed by atoms with Crippen LogP contribution < -0.4 is 4.74 Å². The van der Waals surface area contributed by atoms with E-state index in [4.69, 9.17) is 15.3 Å². The molecule has 0 aliphatic rings. The second-order valence-electron chi connectivity index (χ2n) is 2.84. The van der Waals surface area contributed by atoms with Crippen LogP contribution in [0.4, 0.5) is 0 Å². The standard InChI is InChI=1S/C9H8O4.C2H6O2/c1-6(10)13-8-5-3-2-4-7(8)9(11)12;3-1-2-4/h2-5H,1H3,(H,11,12);3-4H,1-2H2. The molecule has 0 saturated carbocycles. The zero-order valence-corrected chi connectivity index (χ0v) is 9.29. The van der Waals surface area contributed by atoms with Gasteiger partial charge in [-0.2, -0.15) is 0 Å². The van der Waals surface area contributed by atoms with Gasteiger partial charge in [-0.25, -0.2) is 4.79 Å². The van der Waals surface area contributed by atoms with Crippen molar-refractivity contribution in [2.45, 2.75) is 6.92 Å². The third-order valence-corrected chi connectivity index (χ3v) is 1.47. The fraction of sp³-hybridized carbons (Fsp3) is 0.273. The Morgan fingerprint density at radius 3 is 2.12 bits per heavy atom. The molecule has 1 rings (SSSR count). The minimum Gasteiger partial charge on any atom is -0.478 e. The van der Waals surface area contributed by atoms with Crippen molar-refractivity contribution in [3.8, 4) is 5.75 Å². The van der Waals surface area contributed by atoms with Crippen LogP contribution >= 0.6 is 0 Å². The van der Waals surface area contributed by atoms with Crippen molar-refractivity contribution in [1.82, 2.24) is 0 Å². The molecule has 0 heterocycles. The van der Waals surface area contributed by atoms with Gasteiger partial charge in [0, 0.05) is 6.92 Å². The van der Waals surface area contributed by atoms with Crippen LogP contribution in [0.3, 0.4) is 0 Å². The summed E-state index contributed by atoms with van der Waals surface area (Å²) in [7, 11) is 0. The van der Waals surface area contributed by atoms with Crippen LogP contribution in [-0.4, -0.2) is 40.5 Å². The molecule has 1 aromatic carbocycles. The number of aliphatic hydroxyl groups excluding tert-OH is 2. The molecular weight excluding hydrogens is 228 g/mol. The molecule has 0 fully saturated rings. The second kappa shape index (κ2) is 8.26. The molecule has 0 aliphatic carbocycles. The molecule has 1 aromatic rings. The van der Waals surface area contributed by atoms with E-state index in [1.165, 1.54) is 19.1 Å². The molecular formula is C11H14O6. The van der Waals surface area contributed by atoms with Gasteiger partial charge in [-0.3, -0.25) is 4.79 Å². The number of carboxylic acids is 1. The first kappa shape index (κ1) is 15.1. The van der Waals surface area contributed by atoms with Crippen LogP contribution in [0.5, 0.6) is 5.75 Å². The summed E-state index contributed by atoms with van der Waals surface area (Å²) in [5.74, 6) is -1.58. The van der Waals surface area contributed by atoms with E-state index in [9.17, 15) is 9.59 Å². The van der Waals surface area contributed by atoms with Gasteiger partial charge in [0.1, 0.15) is 11.3 Å². The lowest BCUT2D eigenvalue weighted by molar-refractivity contribution is -0.131. The molecule has 6 nitrogen and oxygen atoms in total. The number of benzene rings is 1. The molecule has 6 heteroatoms. The van der Waals surface area contributed by atoms with E-state index >= 15 is 0 Å². The van der Waals surface area contributed by atoms with Gasteiger partial charge in [0.25, 0.3) is 0 Å². The first-order valence-electron chi connectivity index (χ1n) is 4.75. The lowest BCUT2D eigenvalue weighted by Gasteiger charge is -2.03. The molecule has 0 bridgehead atoms. The topological polar surface area (TPSA) is 104 Å². The van der Waals surface area contributed by atoms with E-state index in [-0.39, 0.29) is 24.5 Å². The van der Waals surface area contributed by atoms with E-state index in [1.54, 1.807) is 12.1 Å². The molecule has 94 valence electrons. The molecule has 0 radical (unpaired) electrons. The molecule has 0 atom stereocenters. The van der Waals surface area contributed by atoms with Crippen LogP contribution in [0.25, 0.3) is 0 Å². The van der Waals surface area contributed by atoms with E-state index in [2.05, 4.69) is 4.74 Å². The van der Waals surface area contributed by atoms with Gasteiger partial charge >= 0.3 is 11.9 Å². The maximum Gasteiger partial charge on any atom is 0.339 e. The zero-order valence-electron chi connectivity index (χ0n) is 9.29. The minimum atomic E-state index is -1.11. The first-order valence-corrected chi connectivity index (χ1v) is 4.75. The van der Waals surface area contributed by atoms with E-state index < -0.39 is 11.9 Å². The van der Waals surface area contributed by atoms with Crippen LogP contribution in [0.2, 0.25) is 0 Å². The highest BCUT2D eigenvalue weighted by atomic mass is 16.5. The molecule has 3 N–H and O–H groups in total. The summed E-state index contributed by atoms with van der Waals surface area (Å²) in [6, 6.07) is 5.98. The minimum absolute atomic E-state index is 0.0160. The van der Waals surface area contributed by atoms with Crippen molar-refractivity contribution in [1.29, 1.82) is 0 Å². The maximum atomic E-state index is 10.6. The summed E-state index contributed by atoms with van der Waals surface area (Å²) in [6.07, 6.45) is 0. The normalized spacial score (nSPS) is 8.88.